The Balaban J connectivity index is 2.15. The number of halogens is 4. The molecule has 0 saturated heterocycles. The van der Waals surface area contributed by atoms with Crippen molar-refractivity contribution in [1.82, 2.24) is 0 Å². The highest BCUT2D eigenvalue weighted by molar-refractivity contribution is 6.17. The summed E-state index contributed by atoms with van der Waals surface area (Å²) in [7, 11) is 0. The smallest absolute Gasteiger partial charge is 0.387 e. The summed E-state index contributed by atoms with van der Waals surface area (Å²) in [4.78, 5) is 17.5. The van der Waals surface area contributed by atoms with Gasteiger partial charge in [-0.2, -0.15) is 8.78 Å². The van der Waals surface area contributed by atoms with Gasteiger partial charge >= 0.3 is 6.61 Å². The molecule has 1 fully saturated rings. The zero-order valence-corrected chi connectivity index (χ0v) is 15.2. The third kappa shape index (κ3) is 5.04. The molecule has 9 heteroatoms. The number of amides is 1. The number of nitrogens with two attached hydrogens (primary N) is 1. The van der Waals surface area contributed by atoms with Crippen LogP contribution < -0.4 is 10.5 Å². The van der Waals surface area contributed by atoms with E-state index in [2.05, 4.69) is 9.89 Å². The maximum atomic E-state index is 14.7. The lowest BCUT2D eigenvalue weighted by molar-refractivity contribution is -0.118. The molecule has 1 saturated carbocycles. The molecule has 2 aromatic carbocycles. The SMILES string of the molecule is NC(=O)[C@@H](/C(=N/OCC1CC1)c1c(OC(F)F)ccc(F)c1F)c1ccccc1. The Morgan fingerprint density at radius 1 is 1.14 bits per heavy atom. The Labute approximate surface area is 164 Å². The van der Waals surface area contributed by atoms with Gasteiger partial charge in [0.1, 0.15) is 24.0 Å². The number of benzene rings is 2. The maximum absolute atomic E-state index is 14.7. The minimum absolute atomic E-state index is 0.186. The number of alkyl halides is 2. The lowest BCUT2D eigenvalue weighted by Gasteiger charge is -2.20. The molecule has 1 atom stereocenters. The van der Waals surface area contributed by atoms with E-state index < -0.39 is 47.1 Å². The minimum Gasteiger partial charge on any atom is -0.434 e. The number of hydrogen-bond donors (Lipinski definition) is 1. The van der Waals surface area contributed by atoms with Crippen LogP contribution in [-0.4, -0.2) is 24.8 Å². The summed E-state index contributed by atoms with van der Waals surface area (Å²) in [5.41, 5.74) is 4.63. The van der Waals surface area contributed by atoms with Crippen LogP contribution in [0.25, 0.3) is 0 Å². The molecule has 2 aromatic rings. The summed E-state index contributed by atoms with van der Waals surface area (Å²) in [6.45, 7) is -3.12. The lowest BCUT2D eigenvalue weighted by Crippen LogP contribution is -2.30. The molecule has 0 spiro atoms. The highest BCUT2D eigenvalue weighted by atomic mass is 19.3. The van der Waals surface area contributed by atoms with E-state index in [0.29, 0.717) is 11.6 Å². The first-order chi connectivity index (χ1) is 13.9. The molecule has 2 N–H and O–H groups in total. The first-order valence-electron chi connectivity index (χ1n) is 8.85. The average Bonchev–Trinajstić information content (AvgIpc) is 3.49. The van der Waals surface area contributed by atoms with E-state index in [-0.39, 0.29) is 12.5 Å². The third-order valence-electron chi connectivity index (χ3n) is 4.39. The van der Waals surface area contributed by atoms with E-state index in [4.69, 9.17) is 10.6 Å². The van der Waals surface area contributed by atoms with Gasteiger partial charge in [-0.15, -0.1) is 0 Å². The molecule has 0 heterocycles. The molecule has 1 aliphatic carbocycles. The highest BCUT2D eigenvalue weighted by Crippen LogP contribution is 2.33. The van der Waals surface area contributed by atoms with Crippen LogP contribution in [0.4, 0.5) is 17.6 Å². The van der Waals surface area contributed by atoms with Crippen molar-refractivity contribution in [2.45, 2.75) is 25.4 Å². The van der Waals surface area contributed by atoms with Crippen molar-refractivity contribution in [1.29, 1.82) is 0 Å². The van der Waals surface area contributed by atoms with E-state index in [1.54, 1.807) is 18.2 Å². The maximum Gasteiger partial charge on any atom is 0.387 e. The normalized spacial score (nSPS) is 15.3. The highest BCUT2D eigenvalue weighted by Gasteiger charge is 2.33. The minimum atomic E-state index is -3.31. The van der Waals surface area contributed by atoms with Gasteiger partial charge in [0.05, 0.1) is 5.56 Å². The number of nitrogens with zero attached hydrogens (tertiary/aromatic N) is 1. The van der Waals surface area contributed by atoms with E-state index in [1.807, 2.05) is 0 Å². The molecule has 0 bridgehead atoms. The summed E-state index contributed by atoms with van der Waals surface area (Å²) in [5.74, 6) is -5.58. The van der Waals surface area contributed by atoms with Crippen LogP contribution >= 0.6 is 0 Å². The molecule has 0 aromatic heterocycles. The largest absolute Gasteiger partial charge is 0.434 e. The molecule has 1 amide bonds. The van der Waals surface area contributed by atoms with Crippen molar-refractivity contribution >= 4 is 11.6 Å². The van der Waals surface area contributed by atoms with Crippen LogP contribution in [0, 0.1) is 17.6 Å². The molecule has 0 radical (unpaired) electrons. The first-order valence-corrected chi connectivity index (χ1v) is 8.85. The fraction of sp³-hybridized carbons (Fsp3) is 0.300. The molecule has 0 unspecified atom stereocenters. The van der Waals surface area contributed by atoms with Gasteiger partial charge in [0.25, 0.3) is 0 Å². The molecule has 154 valence electrons. The van der Waals surface area contributed by atoms with Gasteiger partial charge in [0.2, 0.25) is 5.91 Å². The van der Waals surface area contributed by atoms with Crippen molar-refractivity contribution in [2.75, 3.05) is 6.61 Å². The van der Waals surface area contributed by atoms with Crippen LogP contribution in [0.3, 0.4) is 0 Å². The van der Waals surface area contributed by atoms with Gasteiger partial charge in [-0.05, 0) is 36.5 Å². The van der Waals surface area contributed by atoms with Crippen molar-refractivity contribution in [3.63, 3.8) is 0 Å². The monoisotopic (exact) mass is 410 g/mol. The number of ether oxygens (including phenoxy) is 1. The summed E-state index contributed by atoms with van der Waals surface area (Å²) < 4.78 is 58.7. The second-order valence-electron chi connectivity index (χ2n) is 6.57. The Bertz CT molecular complexity index is 902. The number of primary amides is 1. The fourth-order valence-electron chi connectivity index (χ4n) is 2.81. The van der Waals surface area contributed by atoms with Crippen LogP contribution in [-0.2, 0) is 9.63 Å². The van der Waals surface area contributed by atoms with Crippen molar-refractivity contribution in [3.8, 4) is 5.75 Å². The molecule has 0 aliphatic heterocycles. The summed E-state index contributed by atoms with van der Waals surface area (Å²) in [5, 5.41) is 3.83. The Hall–Kier alpha value is -3.10. The Kier molecular flexibility index (Phi) is 6.36. The van der Waals surface area contributed by atoms with Gasteiger partial charge < -0.3 is 15.3 Å². The van der Waals surface area contributed by atoms with Crippen LogP contribution in [0.2, 0.25) is 0 Å². The second kappa shape index (κ2) is 8.93. The standard InChI is InChI=1S/C20H18F4N2O3/c21-13-8-9-14(29-20(23)24)16(17(13)22)18(26-28-10-11-6-7-11)15(19(25)27)12-4-2-1-3-5-12/h1-5,8-9,11,15,20H,6-7,10H2,(H2,25,27)/b26-18-/t15-/m1/s1. The van der Waals surface area contributed by atoms with Crippen LogP contribution in [0.5, 0.6) is 5.75 Å². The van der Waals surface area contributed by atoms with Gasteiger partial charge in [-0.3, -0.25) is 4.79 Å². The molecule has 5 nitrogen and oxygen atoms in total. The molecular weight excluding hydrogens is 392 g/mol. The van der Waals surface area contributed by atoms with Crippen LogP contribution in [0.1, 0.15) is 29.9 Å². The van der Waals surface area contributed by atoms with E-state index in [1.165, 1.54) is 12.1 Å². The quantitative estimate of drug-likeness (QED) is 0.386. The van der Waals surface area contributed by atoms with Gasteiger partial charge in [-0.1, -0.05) is 35.5 Å². The predicted octanol–water partition coefficient (Wildman–Crippen LogP) is 3.97. The van der Waals surface area contributed by atoms with Crippen LogP contribution in [0.15, 0.2) is 47.6 Å². The van der Waals surface area contributed by atoms with Crippen molar-refractivity contribution < 1.29 is 31.9 Å². The second-order valence-corrected chi connectivity index (χ2v) is 6.57. The van der Waals surface area contributed by atoms with E-state index in [0.717, 1.165) is 18.9 Å². The number of carbonyl (C=O) groups is 1. The fourth-order valence-corrected chi connectivity index (χ4v) is 2.81. The lowest BCUT2D eigenvalue weighted by atomic mass is 9.88. The van der Waals surface area contributed by atoms with Gasteiger partial charge in [0.15, 0.2) is 11.6 Å². The summed E-state index contributed by atoms with van der Waals surface area (Å²) in [6.07, 6.45) is 1.85. The number of oxime groups is 1. The summed E-state index contributed by atoms with van der Waals surface area (Å²) in [6, 6.07) is 9.41. The van der Waals surface area contributed by atoms with Gasteiger partial charge in [-0.25, -0.2) is 8.78 Å². The molecular formula is C20H18F4N2O3. The average molecular weight is 410 g/mol. The third-order valence-corrected chi connectivity index (χ3v) is 4.39. The molecule has 29 heavy (non-hydrogen) atoms. The Morgan fingerprint density at radius 3 is 2.41 bits per heavy atom. The first kappa shape index (κ1) is 20.6. The predicted molar refractivity (Wildman–Crippen MR) is 96.6 cm³/mol. The number of hydrogen-bond acceptors (Lipinski definition) is 4. The zero-order chi connectivity index (χ0) is 21.0. The molecule has 1 aliphatic rings. The van der Waals surface area contributed by atoms with Gasteiger partial charge in [0, 0.05) is 0 Å². The van der Waals surface area contributed by atoms with E-state index in [9.17, 15) is 22.4 Å². The van der Waals surface area contributed by atoms with Crippen molar-refractivity contribution in [3.05, 3.63) is 65.2 Å². The summed E-state index contributed by atoms with van der Waals surface area (Å²) >= 11 is 0. The number of carbonyl (C=O) groups excluding carboxylic acids is 1. The molecule has 3 rings (SSSR count). The van der Waals surface area contributed by atoms with E-state index >= 15 is 0 Å². The van der Waals surface area contributed by atoms with Crippen molar-refractivity contribution in [2.24, 2.45) is 16.8 Å². The zero-order valence-electron chi connectivity index (χ0n) is 15.2. The Morgan fingerprint density at radius 2 is 1.83 bits per heavy atom. The topological polar surface area (TPSA) is 73.9 Å². The number of rotatable bonds is 9.